The number of esters is 1. The Hall–Kier alpha value is -2.53. The van der Waals surface area contributed by atoms with Crippen molar-refractivity contribution >= 4 is 60.2 Å². The van der Waals surface area contributed by atoms with Crippen LogP contribution < -0.4 is 0 Å². The van der Waals surface area contributed by atoms with Crippen molar-refractivity contribution in [2.45, 2.75) is 38.4 Å². The van der Waals surface area contributed by atoms with E-state index in [1.807, 2.05) is 6.92 Å². The molecule has 4 aromatic rings. The van der Waals surface area contributed by atoms with Crippen LogP contribution in [0.1, 0.15) is 24.5 Å². The van der Waals surface area contributed by atoms with Gasteiger partial charge in [0.25, 0.3) is 10.0 Å². The van der Waals surface area contributed by atoms with E-state index >= 15 is 0 Å². The van der Waals surface area contributed by atoms with E-state index in [1.54, 1.807) is 44.2 Å². The van der Waals surface area contributed by atoms with Gasteiger partial charge < -0.3 is 9.47 Å². The number of halogens is 1. The van der Waals surface area contributed by atoms with Crippen molar-refractivity contribution in [3.8, 4) is 0 Å². The molecule has 8 nitrogen and oxygen atoms in total. The molecule has 4 rings (SSSR count). The van der Waals surface area contributed by atoms with Crippen LogP contribution in [0, 0.1) is 6.92 Å². The van der Waals surface area contributed by atoms with Crippen LogP contribution in [0.5, 0.6) is 0 Å². The summed E-state index contributed by atoms with van der Waals surface area (Å²) in [6.45, 7) is 5.16. The standard InChI is InChI=1S/C21H20ClN3O5S2/c1-4-29-21(26)12(2)30-11-14-10-16-17(8-9-19(22)24-16)25(14)32(27,28)18-7-5-6-15-20(18)31-13(3)23-15/h5-10,12H,4,11H2,1-3H3. The first-order chi connectivity index (χ1) is 15.2. The lowest BCUT2D eigenvalue weighted by Crippen LogP contribution is -2.24. The summed E-state index contributed by atoms with van der Waals surface area (Å²) < 4.78 is 40.1. The number of aromatic nitrogens is 3. The molecule has 1 atom stereocenters. The summed E-state index contributed by atoms with van der Waals surface area (Å²) in [5, 5.41) is 1.000. The number of fused-ring (bicyclic) bond motifs is 2. The molecule has 0 bridgehead atoms. The number of carbonyl (C=O) groups excluding carboxylic acids is 1. The molecule has 0 radical (unpaired) electrons. The predicted molar refractivity (Wildman–Crippen MR) is 123 cm³/mol. The smallest absolute Gasteiger partial charge is 0.334 e. The van der Waals surface area contributed by atoms with E-state index in [1.165, 1.54) is 21.4 Å². The van der Waals surface area contributed by atoms with Gasteiger partial charge in [-0.3, -0.25) is 0 Å². The Morgan fingerprint density at radius 3 is 2.75 bits per heavy atom. The molecule has 1 aromatic carbocycles. The molecule has 3 aromatic heterocycles. The highest BCUT2D eigenvalue weighted by atomic mass is 35.5. The molecule has 1 unspecified atom stereocenters. The van der Waals surface area contributed by atoms with E-state index in [0.717, 1.165) is 5.01 Å². The summed E-state index contributed by atoms with van der Waals surface area (Å²) in [5.74, 6) is -0.524. The van der Waals surface area contributed by atoms with Crippen molar-refractivity contribution < 1.29 is 22.7 Å². The van der Waals surface area contributed by atoms with Gasteiger partial charge in [0.15, 0.2) is 6.10 Å². The van der Waals surface area contributed by atoms with Gasteiger partial charge in [-0.15, -0.1) is 11.3 Å². The summed E-state index contributed by atoms with van der Waals surface area (Å²) in [4.78, 5) is 20.7. The number of nitrogens with zero attached hydrogens (tertiary/aromatic N) is 3. The highest BCUT2D eigenvalue weighted by Gasteiger charge is 2.27. The first kappa shape index (κ1) is 22.7. The van der Waals surface area contributed by atoms with Crippen LogP contribution in [0.2, 0.25) is 5.15 Å². The van der Waals surface area contributed by atoms with E-state index in [0.29, 0.717) is 26.9 Å². The van der Waals surface area contributed by atoms with Gasteiger partial charge >= 0.3 is 5.97 Å². The molecule has 0 fully saturated rings. The van der Waals surface area contributed by atoms with Gasteiger partial charge in [-0.05, 0) is 51.1 Å². The van der Waals surface area contributed by atoms with Crippen molar-refractivity contribution in [1.29, 1.82) is 0 Å². The van der Waals surface area contributed by atoms with E-state index in [9.17, 15) is 13.2 Å². The van der Waals surface area contributed by atoms with Crippen LogP contribution in [0.4, 0.5) is 0 Å². The number of aryl methyl sites for hydroxylation is 1. The number of ether oxygens (including phenoxy) is 2. The predicted octanol–water partition coefficient (Wildman–Crippen LogP) is 4.31. The molecule has 0 N–H and O–H groups in total. The lowest BCUT2D eigenvalue weighted by Gasteiger charge is -2.15. The number of carbonyl (C=O) groups is 1. The Kier molecular flexibility index (Phi) is 6.22. The molecule has 0 saturated heterocycles. The van der Waals surface area contributed by atoms with Gasteiger partial charge in [0.05, 0.1) is 45.2 Å². The van der Waals surface area contributed by atoms with E-state index in [-0.39, 0.29) is 23.3 Å². The maximum atomic E-state index is 13.9. The maximum Gasteiger partial charge on any atom is 0.334 e. The number of hydrogen-bond acceptors (Lipinski definition) is 8. The molecule has 168 valence electrons. The molecular weight excluding hydrogens is 474 g/mol. The second kappa shape index (κ2) is 8.78. The normalized spacial score (nSPS) is 13.0. The second-order valence-corrected chi connectivity index (χ2v) is 10.3. The molecule has 0 aliphatic heterocycles. The molecule has 11 heteroatoms. The fraction of sp³-hybridized carbons (Fsp3) is 0.286. The Morgan fingerprint density at radius 2 is 2.00 bits per heavy atom. The Balaban J connectivity index is 1.84. The third-order valence-corrected chi connectivity index (χ3v) is 7.92. The quantitative estimate of drug-likeness (QED) is 0.279. The molecule has 3 heterocycles. The summed E-state index contributed by atoms with van der Waals surface area (Å²) in [7, 11) is -4.05. The second-order valence-electron chi connectivity index (χ2n) is 6.99. The lowest BCUT2D eigenvalue weighted by atomic mass is 10.3. The fourth-order valence-electron chi connectivity index (χ4n) is 3.35. The Morgan fingerprint density at radius 1 is 1.22 bits per heavy atom. The third kappa shape index (κ3) is 4.11. The largest absolute Gasteiger partial charge is 0.464 e. The van der Waals surface area contributed by atoms with Crippen molar-refractivity contribution in [1.82, 2.24) is 13.9 Å². The van der Waals surface area contributed by atoms with Crippen molar-refractivity contribution in [2.75, 3.05) is 6.61 Å². The van der Waals surface area contributed by atoms with Gasteiger partial charge in [-0.1, -0.05) is 17.7 Å². The van der Waals surface area contributed by atoms with Crippen LogP contribution in [-0.2, 0) is 30.9 Å². The maximum absolute atomic E-state index is 13.9. The highest BCUT2D eigenvalue weighted by molar-refractivity contribution is 7.90. The summed E-state index contributed by atoms with van der Waals surface area (Å²) in [5.41, 5.74) is 1.68. The van der Waals surface area contributed by atoms with Crippen LogP contribution in [0.3, 0.4) is 0 Å². The first-order valence-electron chi connectivity index (χ1n) is 9.79. The van der Waals surface area contributed by atoms with Crippen LogP contribution in [0.15, 0.2) is 41.3 Å². The highest BCUT2D eigenvalue weighted by Crippen LogP contribution is 2.33. The summed E-state index contributed by atoms with van der Waals surface area (Å²) in [6.07, 6.45) is -0.867. The van der Waals surface area contributed by atoms with Crippen molar-refractivity contribution in [3.05, 3.63) is 52.3 Å². The SMILES string of the molecule is CCOC(=O)C(C)OCc1cc2nc(Cl)ccc2n1S(=O)(=O)c1cccc2nc(C)sc12. The number of hydrogen-bond donors (Lipinski definition) is 0. The number of pyridine rings is 1. The third-order valence-electron chi connectivity index (χ3n) is 4.76. The molecule has 0 amide bonds. The molecule has 0 aliphatic rings. The molecule has 0 saturated carbocycles. The average molecular weight is 494 g/mol. The van der Waals surface area contributed by atoms with Gasteiger partial charge in [-0.2, -0.15) is 0 Å². The van der Waals surface area contributed by atoms with E-state index in [4.69, 9.17) is 21.1 Å². The van der Waals surface area contributed by atoms with Gasteiger partial charge in [0.2, 0.25) is 0 Å². The van der Waals surface area contributed by atoms with Gasteiger partial charge in [0, 0.05) is 0 Å². The minimum atomic E-state index is -4.05. The number of rotatable bonds is 7. The molecule has 0 spiro atoms. The Bertz CT molecular complexity index is 1430. The van der Waals surface area contributed by atoms with Crippen LogP contribution in [0.25, 0.3) is 21.3 Å². The zero-order chi connectivity index (χ0) is 23.0. The topological polar surface area (TPSA) is 100 Å². The van der Waals surface area contributed by atoms with Gasteiger partial charge in [0.1, 0.15) is 10.0 Å². The lowest BCUT2D eigenvalue weighted by molar-refractivity contribution is -0.156. The Labute approximate surface area is 193 Å². The minimum absolute atomic E-state index is 0.132. The average Bonchev–Trinajstić information content (AvgIpc) is 3.30. The first-order valence-corrected chi connectivity index (χ1v) is 12.4. The zero-order valence-corrected chi connectivity index (χ0v) is 19.9. The fourth-order valence-corrected chi connectivity index (χ4v) is 6.39. The monoisotopic (exact) mass is 493 g/mol. The zero-order valence-electron chi connectivity index (χ0n) is 17.5. The molecular formula is C21H20ClN3O5S2. The van der Waals surface area contributed by atoms with Crippen molar-refractivity contribution in [2.24, 2.45) is 0 Å². The van der Waals surface area contributed by atoms with Crippen LogP contribution in [-0.4, -0.2) is 41.0 Å². The number of benzene rings is 1. The minimum Gasteiger partial charge on any atom is -0.464 e. The molecule has 32 heavy (non-hydrogen) atoms. The van der Waals surface area contributed by atoms with Gasteiger partial charge in [-0.25, -0.2) is 27.2 Å². The summed E-state index contributed by atoms with van der Waals surface area (Å²) in [6, 6.07) is 9.70. The van der Waals surface area contributed by atoms with Crippen molar-refractivity contribution in [3.63, 3.8) is 0 Å². The van der Waals surface area contributed by atoms with Crippen LogP contribution >= 0.6 is 22.9 Å². The van der Waals surface area contributed by atoms with E-state index < -0.39 is 22.1 Å². The number of thiazole rings is 1. The van der Waals surface area contributed by atoms with E-state index in [2.05, 4.69) is 9.97 Å². The summed E-state index contributed by atoms with van der Waals surface area (Å²) >= 11 is 7.34. The molecule has 0 aliphatic carbocycles.